The largest absolute Gasteiger partial charge is 0.381 e. The molecule has 2 atom stereocenters. The third-order valence-corrected chi connectivity index (χ3v) is 5.69. The Morgan fingerprint density at radius 3 is 2.70 bits per heavy atom. The van der Waals surface area contributed by atoms with Crippen LogP contribution in [0, 0.1) is 5.92 Å². The SMILES string of the molecule is Clc1ccc(-n2cc(CNC[C@@H]([C@@H]3CCOC3)N3CCOCC3)cn2)cc1. The van der Waals surface area contributed by atoms with Gasteiger partial charge < -0.3 is 14.8 Å². The molecular formula is C20H27ClN4O2. The summed E-state index contributed by atoms with van der Waals surface area (Å²) in [5.74, 6) is 0.604. The quantitative estimate of drug-likeness (QED) is 0.786. The van der Waals surface area contributed by atoms with E-state index in [1.165, 1.54) is 5.56 Å². The van der Waals surface area contributed by atoms with E-state index >= 15 is 0 Å². The van der Waals surface area contributed by atoms with Crippen molar-refractivity contribution in [2.24, 2.45) is 5.92 Å². The Bertz CT molecular complexity index is 709. The third-order valence-electron chi connectivity index (χ3n) is 5.43. The van der Waals surface area contributed by atoms with Crippen LogP contribution in [0.3, 0.4) is 0 Å². The Morgan fingerprint density at radius 2 is 1.96 bits per heavy atom. The van der Waals surface area contributed by atoms with E-state index in [2.05, 4.69) is 21.5 Å². The second-order valence-corrected chi connectivity index (χ2v) is 7.68. The molecular weight excluding hydrogens is 364 g/mol. The maximum atomic E-state index is 5.96. The van der Waals surface area contributed by atoms with Gasteiger partial charge in [0, 0.05) is 61.5 Å². The van der Waals surface area contributed by atoms with Crippen LogP contribution in [0.25, 0.3) is 5.69 Å². The number of benzene rings is 1. The first-order valence-corrected chi connectivity index (χ1v) is 10.1. The normalized spacial score (nSPS) is 22.2. The zero-order valence-corrected chi connectivity index (χ0v) is 16.3. The van der Waals surface area contributed by atoms with Crippen molar-refractivity contribution in [3.8, 4) is 5.69 Å². The fraction of sp³-hybridized carbons (Fsp3) is 0.550. The predicted octanol–water partition coefficient (Wildman–Crippen LogP) is 2.35. The summed E-state index contributed by atoms with van der Waals surface area (Å²) in [5.41, 5.74) is 2.19. The van der Waals surface area contributed by atoms with E-state index in [1.54, 1.807) is 0 Å². The number of hydrogen-bond acceptors (Lipinski definition) is 5. The highest BCUT2D eigenvalue weighted by atomic mass is 35.5. The lowest BCUT2D eigenvalue weighted by atomic mass is 9.97. The molecule has 4 rings (SSSR count). The van der Waals surface area contributed by atoms with E-state index in [0.29, 0.717) is 12.0 Å². The smallest absolute Gasteiger partial charge is 0.0646 e. The molecule has 7 heteroatoms. The molecule has 2 aliphatic rings. The molecule has 0 amide bonds. The average Bonchev–Trinajstić information content (AvgIpc) is 3.39. The van der Waals surface area contributed by atoms with Gasteiger partial charge in [0.2, 0.25) is 0 Å². The number of aromatic nitrogens is 2. The van der Waals surface area contributed by atoms with Crippen LogP contribution in [-0.4, -0.2) is 66.8 Å². The summed E-state index contributed by atoms with van der Waals surface area (Å²) < 4.78 is 13.1. The summed E-state index contributed by atoms with van der Waals surface area (Å²) in [6.45, 7) is 7.21. The number of nitrogens with zero attached hydrogens (tertiary/aromatic N) is 3. The van der Waals surface area contributed by atoms with Crippen molar-refractivity contribution >= 4 is 11.6 Å². The molecule has 2 aliphatic heterocycles. The fourth-order valence-corrected chi connectivity index (χ4v) is 4.04. The standard InChI is InChI=1S/C20H27ClN4O2/c21-18-1-3-19(4-2-18)25-14-16(12-23-25)11-22-13-20(17-5-8-27-15-17)24-6-9-26-10-7-24/h1-4,12,14,17,20,22H,5-11,13,15H2/t17-,20+/m1/s1. The molecule has 146 valence electrons. The van der Waals surface area contributed by atoms with E-state index in [0.717, 1.165) is 69.7 Å². The maximum absolute atomic E-state index is 5.96. The minimum atomic E-state index is 0.503. The first kappa shape index (κ1) is 18.9. The van der Waals surface area contributed by atoms with Crippen molar-refractivity contribution in [2.75, 3.05) is 46.1 Å². The topological polar surface area (TPSA) is 51.5 Å². The van der Waals surface area contributed by atoms with E-state index in [9.17, 15) is 0 Å². The summed E-state index contributed by atoms with van der Waals surface area (Å²) in [4.78, 5) is 2.56. The van der Waals surface area contributed by atoms with Gasteiger partial charge in [-0.2, -0.15) is 5.10 Å². The summed E-state index contributed by atoms with van der Waals surface area (Å²) in [7, 11) is 0. The van der Waals surface area contributed by atoms with Gasteiger partial charge in [0.15, 0.2) is 0 Å². The van der Waals surface area contributed by atoms with Crippen LogP contribution in [0.1, 0.15) is 12.0 Å². The van der Waals surface area contributed by atoms with Gasteiger partial charge in [-0.15, -0.1) is 0 Å². The first-order valence-electron chi connectivity index (χ1n) is 9.69. The Hall–Kier alpha value is -1.44. The molecule has 0 bridgehead atoms. The molecule has 2 fully saturated rings. The highest BCUT2D eigenvalue weighted by Gasteiger charge is 2.31. The van der Waals surface area contributed by atoms with Gasteiger partial charge in [-0.05, 0) is 30.7 Å². The fourth-order valence-electron chi connectivity index (χ4n) is 3.91. The van der Waals surface area contributed by atoms with Crippen LogP contribution < -0.4 is 5.32 Å². The highest BCUT2D eigenvalue weighted by Crippen LogP contribution is 2.22. The van der Waals surface area contributed by atoms with Crippen LogP contribution >= 0.6 is 11.6 Å². The van der Waals surface area contributed by atoms with Crippen LogP contribution in [0.2, 0.25) is 5.02 Å². The summed E-state index contributed by atoms with van der Waals surface area (Å²) in [6, 6.07) is 8.21. The van der Waals surface area contributed by atoms with E-state index in [1.807, 2.05) is 35.1 Å². The van der Waals surface area contributed by atoms with Gasteiger partial charge in [0.25, 0.3) is 0 Å². The van der Waals surface area contributed by atoms with E-state index < -0.39 is 0 Å². The first-order chi connectivity index (χ1) is 13.3. The molecule has 1 aromatic heterocycles. The number of halogens is 1. The minimum absolute atomic E-state index is 0.503. The molecule has 1 aromatic carbocycles. The van der Waals surface area contributed by atoms with Gasteiger partial charge in [-0.1, -0.05) is 11.6 Å². The lowest BCUT2D eigenvalue weighted by Crippen LogP contribution is -2.51. The van der Waals surface area contributed by atoms with Crippen LogP contribution in [0.15, 0.2) is 36.7 Å². The monoisotopic (exact) mass is 390 g/mol. The summed E-state index contributed by atoms with van der Waals surface area (Å²) in [5, 5.41) is 8.84. The molecule has 3 heterocycles. The predicted molar refractivity (Wildman–Crippen MR) is 105 cm³/mol. The van der Waals surface area contributed by atoms with Crippen molar-refractivity contribution in [3.05, 3.63) is 47.2 Å². The van der Waals surface area contributed by atoms with E-state index in [4.69, 9.17) is 21.1 Å². The Morgan fingerprint density at radius 1 is 1.15 bits per heavy atom. The number of hydrogen-bond donors (Lipinski definition) is 1. The zero-order valence-electron chi connectivity index (χ0n) is 15.5. The lowest BCUT2D eigenvalue weighted by molar-refractivity contribution is 0.00137. The lowest BCUT2D eigenvalue weighted by Gasteiger charge is -2.37. The molecule has 2 saturated heterocycles. The number of ether oxygens (including phenoxy) is 2. The Kier molecular flexibility index (Phi) is 6.42. The highest BCUT2D eigenvalue weighted by molar-refractivity contribution is 6.30. The van der Waals surface area contributed by atoms with Crippen molar-refractivity contribution in [3.63, 3.8) is 0 Å². The molecule has 0 aliphatic carbocycles. The number of morpholine rings is 1. The molecule has 0 saturated carbocycles. The van der Waals surface area contributed by atoms with Gasteiger partial charge in [-0.25, -0.2) is 4.68 Å². The zero-order chi connectivity index (χ0) is 18.5. The van der Waals surface area contributed by atoms with Crippen LogP contribution in [-0.2, 0) is 16.0 Å². The van der Waals surface area contributed by atoms with Gasteiger partial charge in [0.05, 0.1) is 31.7 Å². The summed E-state index contributed by atoms with van der Waals surface area (Å²) >= 11 is 5.96. The van der Waals surface area contributed by atoms with Gasteiger partial charge in [-0.3, -0.25) is 4.90 Å². The van der Waals surface area contributed by atoms with Gasteiger partial charge in [0.1, 0.15) is 0 Å². The molecule has 2 aromatic rings. The van der Waals surface area contributed by atoms with Crippen LogP contribution in [0.4, 0.5) is 0 Å². The Balaban J connectivity index is 1.33. The van der Waals surface area contributed by atoms with Crippen molar-refractivity contribution in [2.45, 2.75) is 19.0 Å². The maximum Gasteiger partial charge on any atom is 0.0646 e. The van der Waals surface area contributed by atoms with Gasteiger partial charge >= 0.3 is 0 Å². The minimum Gasteiger partial charge on any atom is -0.381 e. The molecule has 1 N–H and O–H groups in total. The van der Waals surface area contributed by atoms with Crippen molar-refractivity contribution in [1.29, 1.82) is 0 Å². The number of rotatable bonds is 7. The third kappa shape index (κ3) is 4.89. The molecule has 0 unspecified atom stereocenters. The average molecular weight is 391 g/mol. The number of nitrogens with one attached hydrogen (secondary N) is 1. The second-order valence-electron chi connectivity index (χ2n) is 7.24. The second kappa shape index (κ2) is 9.17. The summed E-state index contributed by atoms with van der Waals surface area (Å²) in [6.07, 6.45) is 5.14. The molecule has 0 radical (unpaired) electrons. The molecule has 0 spiro atoms. The van der Waals surface area contributed by atoms with Crippen molar-refractivity contribution in [1.82, 2.24) is 20.0 Å². The Labute approximate surface area is 165 Å². The molecule has 27 heavy (non-hydrogen) atoms. The van der Waals surface area contributed by atoms with E-state index in [-0.39, 0.29) is 0 Å². The van der Waals surface area contributed by atoms with Crippen molar-refractivity contribution < 1.29 is 9.47 Å². The molecule has 6 nitrogen and oxygen atoms in total. The van der Waals surface area contributed by atoms with Crippen LogP contribution in [0.5, 0.6) is 0 Å².